The van der Waals surface area contributed by atoms with Crippen molar-refractivity contribution in [3.8, 4) is 0 Å². The first-order valence-corrected chi connectivity index (χ1v) is 11.7. The van der Waals surface area contributed by atoms with Gasteiger partial charge < -0.3 is 15.1 Å². The number of nitrogens with one attached hydrogen (secondary N) is 1. The molecular weight excluding hydrogens is 572 g/mol. The molecule has 1 fully saturated rings. The van der Waals surface area contributed by atoms with Crippen LogP contribution in [0.1, 0.15) is 29.6 Å². The first kappa shape index (κ1) is 24.6. The molecule has 1 amide bonds. The number of carbonyl (C=O) groups is 1. The second kappa shape index (κ2) is 9.62. The predicted octanol–water partition coefficient (Wildman–Crippen LogP) is 5.27. The number of benzene rings is 1. The maximum absolute atomic E-state index is 13.4. The van der Waals surface area contributed by atoms with Gasteiger partial charge in [0.2, 0.25) is 5.95 Å². The normalized spacial score (nSPS) is 18.5. The molecule has 2 aromatic rings. The van der Waals surface area contributed by atoms with Gasteiger partial charge in [-0.3, -0.25) is 4.79 Å². The minimum absolute atomic E-state index is 0.0342. The Balaban J connectivity index is 1.51. The molecular formula is C22H21F5IN5O. The standard InChI is InChI=1S/C22H21F5IN5O/c23-21(24)6-11-33(12-7-21)20-29-8-3-18(31-20)30-19(34)16-2-1-15(28)13-17(16)32-9-4-14(5-10-32)22(25,26)27/h1-4,8,13H,5-7,9-12H2,(H,29,30,31,34). The van der Waals surface area contributed by atoms with Crippen LogP contribution < -0.4 is 15.1 Å². The lowest BCUT2D eigenvalue weighted by Crippen LogP contribution is -2.40. The van der Waals surface area contributed by atoms with Crippen LogP contribution in [-0.2, 0) is 0 Å². The van der Waals surface area contributed by atoms with Crippen LogP contribution in [0.3, 0.4) is 0 Å². The van der Waals surface area contributed by atoms with Crippen molar-refractivity contribution in [2.24, 2.45) is 0 Å². The molecule has 3 heterocycles. The van der Waals surface area contributed by atoms with Crippen LogP contribution in [0.25, 0.3) is 0 Å². The van der Waals surface area contributed by atoms with E-state index in [1.54, 1.807) is 28.0 Å². The highest BCUT2D eigenvalue weighted by Crippen LogP contribution is 2.33. The van der Waals surface area contributed by atoms with Gasteiger partial charge in [-0.2, -0.15) is 18.2 Å². The summed E-state index contributed by atoms with van der Waals surface area (Å²) in [7, 11) is 0. The van der Waals surface area contributed by atoms with E-state index in [4.69, 9.17) is 0 Å². The smallest absolute Gasteiger partial charge is 0.367 e. The number of piperidine rings is 1. The molecule has 0 saturated carbocycles. The van der Waals surface area contributed by atoms with E-state index in [-0.39, 0.29) is 57.2 Å². The third kappa shape index (κ3) is 5.76. The van der Waals surface area contributed by atoms with Gasteiger partial charge in [0.1, 0.15) is 5.82 Å². The Hall–Kier alpha value is -2.51. The van der Waals surface area contributed by atoms with Crippen LogP contribution >= 0.6 is 22.6 Å². The second-order valence-electron chi connectivity index (χ2n) is 8.12. The van der Waals surface area contributed by atoms with Crippen molar-refractivity contribution in [2.75, 3.05) is 41.3 Å². The molecule has 1 aromatic heterocycles. The largest absolute Gasteiger partial charge is 0.412 e. The van der Waals surface area contributed by atoms with Crippen molar-refractivity contribution in [3.05, 3.63) is 51.2 Å². The topological polar surface area (TPSA) is 61.4 Å². The highest BCUT2D eigenvalue weighted by Gasteiger charge is 2.36. The Bertz CT molecular complexity index is 1100. The lowest BCUT2D eigenvalue weighted by atomic mass is 10.0. The van der Waals surface area contributed by atoms with E-state index in [0.29, 0.717) is 11.3 Å². The minimum atomic E-state index is -4.35. The van der Waals surface area contributed by atoms with Crippen molar-refractivity contribution in [3.63, 3.8) is 0 Å². The SMILES string of the molecule is O=C(Nc1ccnc(N2CCC(F)(F)CC2)n1)c1ccc(I)cc1N1CC=C(C(F)(F)F)CC1. The van der Waals surface area contributed by atoms with Crippen molar-refractivity contribution < 1.29 is 26.7 Å². The van der Waals surface area contributed by atoms with E-state index in [1.807, 2.05) is 0 Å². The van der Waals surface area contributed by atoms with Gasteiger partial charge in [-0.05, 0) is 53.3 Å². The fourth-order valence-electron chi connectivity index (χ4n) is 3.89. The summed E-state index contributed by atoms with van der Waals surface area (Å²) in [6.07, 6.45) is -2.53. The maximum atomic E-state index is 13.4. The molecule has 0 spiro atoms. The number of hydrogen-bond acceptors (Lipinski definition) is 5. The summed E-state index contributed by atoms with van der Waals surface area (Å²) < 4.78 is 66.7. The van der Waals surface area contributed by atoms with Gasteiger partial charge in [-0.15, -0.1) is 0 Å². The zero-order valence-corrected chi connectivity index (χ0v) is 20.0. The van der Waals surface area contributed by atoms with Gasteiger partial charge in [0.05, 0.1) is 11.3 Å². The number of alkyl halides is 5. The zero-order valence-electron chi connectivity index (χ0n) is 17.9. The number of nitrogens with zero attached hydrogens (tertiary/aromatic N) is 4. The van der Waals surface area contributed by atoms with Crippen molar-refractivity contribution >= 4 is 46.0 Å². The molecule has 6 nitrogen and oxygen atoms in total. The number of rotatable bonds is 4. The molecule has 0 atom stereocenters. The molecule has 0 aliphatic carbocycles. The lowest BCUT2D eigenvalue weighted by molar-refractivity contribution is -0.0944. The van der Waals surface area contributed by atoms with Crippen molar-refractivity contribution in [1.29, 1.82) is 0 Å². The summed E-state index contributed by atoms with van der Waals surface area (Å²) in [5.41, 5.74) is 0.251. The van der Waals surface area contributed by atoms with Crippen LogP contribution in [0.2, 0.25) is 0 Å². The number of halogens is 6. The summed E-state index contributed by atoms with van der Waals surface area (Å²) in [6.45, 7) is 0.373. The van der Waals surface area contributed by atoms with E-state index >= 15 is 0 Å². The Morgan fingerprint density at radius 1 is 1.09 bits per heavy atom. The van der Waals surface area contributed by atoms with Crippen LogP contribution in [0.4, 0.5) is 39.4 Å². The highest BCUT2D eigenvalue weighted by molar-refractivity contribution is 14.1. The fourth-order valence-corrected chi connectivity index (χ4v) is 4.37. The van der Waals surface area contributed by atoms with Gasteiger partial charge in [-0.1, -0.05) is 6.08 Å². The first-order valence-electron chi connectivity index (χ1n) is 10.6. The van der Waals surface area contributed by atoms with Crippen LogP contribution in [0, 0.1) is 3.57 Å². The molecule has 1 saturated heterocycles. The molecule has 182 valence electrons. The van der Waals surface area contributed by atoms with Crippen molar-refractivity contribution in [2.45, 2.75) is 31.4 Å². The number of anilines is 3. The summed E-state index contributed by atoms with van der Waals surface area (Å²) >= 11 is 2.08. The molecule has 12 heteroatoms. The number of carbonyl (C=O) groups excluding carboxylic acids is 1. The molecule has 4 rings (SSSR count). The van der Waals surface area contributed by atoms with Gasteiger partial charge in [0, 0.05) is 54.4 Å². The predicted molar refractivity (Wildman–Crippen MR) is 127 cm³/mol. The van der Waals surface area contributed by atoms with Crippen LogP contribution in [0.15, 0.2) is 42.1 Å². The van der Waals surface area contributed by atoms with E-state index in [2.05, 4.69) is 37.9 Å². The molecule has 0 unspecified atom stereocenters. The van der Waals surface area contributed by atoms with E-state index in [1.165, 1.54) is 12.3 Å². The lowest BCUT2D eigenvalue weighted by Gasteiger charge is -2.31. The van der Waals surface area contributed by atoms with E-state index < -0.39 is 23.6 Å². The van der Waals surface area contributed by atoms with E-state index in [9.17, 15) is 26.7 Å². The number of hydrogen-bond donors (Lipinski definition) is 1. The molecule has 2 aliphatic rings. The summed E-state index contributed by atoms with van der Waals surface area (Å²) in [5.74, 6) is -2.73. The monoisotopic (exact) mass is 593 g/mol. The zero-order chi connectivity index (χ0) is 24.5. The van der Waals surface area contributed by atoms with Gasteiger partial charge in [-0.25, -0.2) is 13.8 Å². The Morgan fingerprint density at radius 3 is 2.47 bits per heavy atom. The molecule has 34 heavy (non-hydrogen) atoms. The van der Waals surface area contributed by atoms with E-state index in [0.717, 1.165) is 9.65 Å². The Kier molecular flexibility index (Phi) is 6.97. The maximum Gasteiger partial charge on any atom is 0.412 e. The summed E-state index contributed by atoms with van der Waals surface area (Å²) in [4.78, 5) is 24.9. The second-order valence-corrected chi connectivity index (χ2v) is 9.37. The van der Waals surface area contributed by atoms with Gasteiger partial charge in [0.15, 0.2) is 0 Å². The Morgan fingerprint density at radius 2 is 1.82 bits per heavy atom. The molecule has 2 aliphatic heterocycles. The first-order chi connectivity index (χ1) is 16.0. The van der Waals surface area contributed by atoms with Crippen molar-refractivity contribution in [1.82, 2.24) is 9.97 Å². The fraction of sp³-hybridized carbons (Fsp3) is 0.409. The number of amides is 1. The third-order valence-electron chi connectivity index (χ3n) is 5.78. The molecule has 1 N–H and O–H groups in total. The van der Waals surface area contributed by atoms with Crippen LogP contribution in [0.5, 0.6) is 0 Å². The Labute approximate surface area is 206 Å². The molecule has 1 aromatic carbocycles. The molecule has 0 radical (unpaired) electrons. The minimum Gasteiger partial charge on any atom is -0.367 e. The van der Waals surface area contributed by atoms with Gasteiger partial charge >= 0.3 is 6.18 Å². The van der Waals surface area contributed by atoms with Crippen LogP contribution in [-0.4, -0.2) is 54.2 Å². The average Bonchev–Trinajstić information content (AvgIpc) is 2.78. The molecule has 0 bridgehead atoms. The number of aromatic nitrogens is 2. The summed E-state index contributed by atoms with van der Waals surface area (Å²) in [6, 6.07) is 6.59. The van der Waals surface area contributed by atoms with Gasteiger partial charge in [0.25, 0.3) is 11.8 Å². The third-order valence-corrected chi connectivity index (χ3v) is 6.45. The quantitative estimate of drug-likeness (QED) is 0.298. The highest BCUT2D eigenvalue weighted by atomic mass is 127. The average molecular weight is 593 g/mol. The summed E-state index contributed by atoms with van der Waals surface area (Å²) in [5, 5.41) is 2.70.